The van der Waals surface area contributed by atoms with Crippen LogP contribution in [0.1, 0.15) is 10.4 Å². The number of carbonyl (C=O) groups is 1. The summed E-state index contributed by atoms with van der Waals surface area (Å²) >= 11 is 0. The van der Waals surface area contributed by atoms with E-state index in [1.165, 1.54) is 18.2 Å². The monoisotopic (exact) mass is 679 g/mol. The molecule has 15 heteroatoms. The number of piperazine rings is 1. The van der Waals surface area contributed by atoms with Crippen molar-refractivity contribution >= 4 is 26.9 Å². The van der Waals surface area contributed by atoms with E-state index in [1.807, 2.05) is 29.2 Å². The van der Waals surface area contributed by atoms with Crippen molar-refractivity contribution in [3.8, 4) is 28.5 Å². The number of H-pyrrole nitrogens is 1. The zero-order valence-corrected chi connectivity index (χ0v) is 26.9. The van der Waals surface area contributed by atoms with Crippen molar-refractivity contribution in [1.82, 2.24) is 25.2 Å². The topological polar surface area (TPSA) is 160 Å². The lowest BCUT2D eigenvalue weighted by Crippen LogP contribution is -2.57. The second-order valence-electron chi connectivity index (χ2n) is 11.2. The highest BCUT2D eigenvalue weighted by atomic mass is 32.2. The quantitative estimate of drug-likeness (QED) is 0.170. The van der Waals surface area contributed by atoms with Gasteiger partial charge in [0.1, 0.15) is 18.0 Å². The maximum Gasteiger partial charge on any atom is 0.294 e. The number of aromatic amines is 1. The first-order valence-corrected chi connectivity index (χ1v) is 16.7. The summed E-state index contributed by atoms with van der Waals surface area (Å²) in [6, 6.07) is 19.9. The van der Waals surface area contributed by atoms with Gasteiger partial charge in [0.15, 0.2) is 17.3 Å². The standard InChI is InChI=1S/C27H28FN5O5.C6H6O3S/c1-35-10-11-37-24-14-23-20(12-21(24)28)26(30-29-23)25-13-22(31-38-25)17-2-4-18(5-3-17)27(34)33-8-6-32(7-9-33)19-15-36-16-19;7-10(8,9)6-4-2-1-3-5-6/h2-5,12-14,19H,6-11,15-16H2,1H3,(H,29,30);1-5H,(H,7,8,9). The molecule has 5 aromatic rings. The van der Waals surface area contributed by atoms with E-state index in [-0.39, 0.29) is 23.2 Å². The van der Waals surface area contributed by atoms with Crippen molar-refractivity contribution < 1.29 is 40.9 Å². The number of amides is 1. The predicted octanol–water partition coefficient (Wildman–Crippen LogP) is 4.14. The molecule has 0 saturated carbocycles. The number of nitrogens with zero attached hydrogens (tertiary/aromatic N) is 4. The number of fused-ring (bicyclic) bond motifs is 1. The first-order chi connectivity index (χ1) is 23.2. The zero-order chi connectivity index (χ0) is 33.7. The minimum atomic E-state index is -4.00. The summed E-state index contributed by atoms with van der Waals surface area (Å²) < 4.78 is 65.0. The Hall–Kier alpha value is -4.67. The highest BCUT2D eigenvalue weighted by Crippen LogP contribution is 2.33. The fourth-order valence-electron chi connectivity index (χ4n) is 5.36. The molecule has 0 bridgehead atoms. The Balaban J connectivity index is 0.000000345. The maximum atomic E-state index is 14.6. The van der Waals surface area contributed by atoms with Gasteiger partial charge in [-0.25, -0.2) is 4.39 Å². The van der Waals surface area contributed by atoms with Gasteiger partial charge >= 0.3 is 0 Å². The van der Waals surface area contributed by atoms with Crippen LogP contribution in [0.5, 0.6) is 5.75 Å². The van der Waals surface area contributed by atoms with E-state index in [9.17, 15) is 17.6 Å². The molecule has 2 aliphatic heterocycles. The second kappa shape index (κ2) is 14.6. The number of benzene rings is 3. The van der Waals surface area contributed by atoms with Crippen molar-refractivity contribution in [2.45, 2.75) is 10.9 Å². The smallest absolute Gasteiger partial charge is 0.294 e. The Kier molecular flexibility index (Phi) is 10.1. The molecule has 48 heavy (non-hydrogen) atoms. The number of hydrogen-bond donors (Lipinski definition) is 2. The number of rotatable bonds is 9. The number of ether oxygens (including phenoxy) is 3. The van der Waals surface area contributed by atoms with Crippen LogP contribution in [0.2, 0.25) is 0 Å². The van der Waals surface area contributed by atoms with Gasteiger partial charge < -0.3 is 23.6 Å². The lowest BCUT2D eigenvalue weighted by molar-refractivity contribution is -0.0746. The summed E-state index contributed by atoms with van der Waals surface area (Å²) in [7, 11) is -2.45. The fraction of sp³-hybridized carbons (Fsp3) is 0.303. The van der Waals surface area contributed by atoms with Crippen molar-refractivity contribution in [1.29, 1.82) is 0 Å². The number of aromatic nitrogens is 3. The summed E-state index contributed by atoms with van der Waals surface area (Å²) in [6.07, 6.45) is 0. The largest absolute Gasteiger partial charge is 0.488 e. The van der Waals surface area contributed by atoms with E-state index in [0.29, 0.717) is 59.4 Å². The fourth-order valence-corrected chi connectivity index (χ4v) is 5.86. The van der Waals surface area contributed by atoms with E-state index >= 15 is 0 Å². The van der Waals surface area contributed by atoms with Gasteiger partial charge in [-0.1, -0.05) is 35.5 Å². The lowest BCUT2D eigenvalue weighted by Gasteiger charge is -2.42. The van der Waals surface area contributed by atoms with E-state index in [1.54, 1.807) is 37.4 Å². The normalized spacial score (nSPS) is 15.5. The Bertz CT molecular complexity index is 1960. The third kappa shape index (κ3) is 7.55. The summed E-state index contributed by atoms with van der Waals surface area (Å²) in [6.45, 7) is 5.33. The number of hydrogen-bond acceptors (Lipinski definition) is 10. The van der Waals surface area contributed by atoms with Crippen LogP contribution >= 0.6 is 0 Å². The predicted molar refractivity (Wildman–Crippen MR) is 173 cm³/mol. The third-order valence-corrected chi connectivity index (χ3v) is 8.98. The molecule has 2 saturated heterocycles. The van der Waals surface area contributed by atoms with E-state index in [4.69, 9.17) is 23.3 Å². The van der Waals surface area contributed by atoms with Crippen LogP contribution in [0.3, 0.4) is 0 Å². The molecule has 13 nitrogen and oxygen atoms in total. The van der Waals surface area contributed by atoms with Gasteiger partial charge in [0.2, 0.25) is 0 Å². The van der Waals surface area contributed by atoms with Crippen molar-refractivity contribution in [3.63, 3.8) is 0 Å². The Morgan fingerprint density at radius 3 is 2.38 bits per heavy atom. The van der Waals surface area contributed by atoms with Crippen LogP contribution in [-0.4, -0.2) is 110 Å². The molecule has 0 aliphatic carbocycles. The van der Waals surface area contributed by atoms with Gasteiger partial charge in [-0.05, 0) is 30.3 Å². The van der Waals surface area contributed by atoms with Gasteiger partial charge in [0.25, 0.3) is 16.0 Å². The number of halogens is 1. The van der Waals surface area contributed by atoms with Gasteiger partial charge in [-0.15, -0.1) is 0 Å². The van der Waals surface area contributed by atoms with Gasteiger partial charge in [-0.3, -0.25) is 19.3 Å². The first-order valence-electron chi connectivity index (χ1n) is 15.2. The molecular weight excluding hydrogens is 645 g/mol. The molecule has 0 atom stereocenters. The molecular formula is C33H34FN5O8S. The third-order valence-electron chi connectivity index (χ3n) is 8.11. The van der Waals surface area contributed by atoms with E-state index in [2.05, 4.69) is 20.3 Å². The van der Waals surface area contributed by atoms with Crippen LogP contribution < -0.4 is 4.74 Å². The number of carbonyl (C=O) groups excluding carboxylic acids is 1. The molecule has 2 aromatic heterocycles. The molecule has 1 amide bonds. The van der Waals surface area contributed by atoms with Gasteiger partial charge in [-0.2, -0.15) is 13.5 Å². The minimum Gasteiger partial charge on any atom is -0.488 e. The highest BCUT2D eigenvalue weighted by Gasteiger charge is 2.30. The van der Waals surface area contributed by atoms with Crippen LogP contribution in [0.15, 0.2) is 82.2 Å². The molecule has 2 fully saturated rings. The lowest BCUT2D eigenvalue weighted by atomic mass is 10.1. The first kappa shape index (κ1) is 33.2. The highest BCUT2D eigenvalue weighted by molar-refractivity contribution is 7.85. The SMILES string of the molecule is COCCOc1cc2[nH]nc(-c3cc(-c4ccc(C(=O)N5CCN(C6COC6)CC5)cc4)no3)c2cc1F.O=S(=O)(O)c1ccccc1. The Labute approximate surface area is 275 Å². The van der Waals surface area contributed by atoms with Gasteiger partial charge in [0, 0.05) is 61.9 Å². The zero-order valence-electron chi connectivity index (χ0n) is 26.0. The van der Waals surface area contributed by atoms with Crippen LogP contribution in [0.4, 0.5) is 4.39 Å². The molecule has 0 radical (unpaired) electrons. The van der Waals surface area contributed by atoms with Crippen LogP contribution in [0, 0.1) is 5.82 Å². The van der Waals surface area contributed by atoms with Crippen molar-refractivity contribution in [2.24, 2.45) is 0 Å². The van der Waals surface area contributed by atoms with Crippen molar-refractivity contribution in [3.05, 3.63) is 84.2 Å². The van der Waals surface area contributed by atoms with E-state index < -0.39 is 15.9 Å². The molecule has 4 heterocycles. The summed E-state index contributed by atoms with van der Waals surface area (Å²) in [5, 5.41) is 11.9. The Morgan fingerprint density at radius 2 is 1.75 bits per heavy atom. The Morgan fingerprint density at radius 1 is 1.02 bits per heavy atom. The summed E-state index contributed by atoms with van der Waals surface area (Å²) in [5.74, 6) is 0.0354. The molecule has 0 unspecified atom stereocenters. The molecule has 7 rings (SSSR count). The molecule has 3 aromatic carbocycles. The van der Waals surface area contributed by atoms with Gasteiger partial charge in [0.05, 0.1) is 36.3 Å². The average molecular weight is 680 g/mol. The van der Waals surface area contributed by atoms with Crippen molar-refractivity contribution in [2.75, 3.05) is 59.7 Å². The second-order valence-corrected chi connectivity index (χ2v) is 12.6. The number of methoxy groups -OCH3 is 1. The molecule has 0 spiro atoms. The van der Waals surface area contributed by atoms with Crippen LogP contribution in [0.25, 0.3) is 33.6 Å². The number of nitrogens with one attached hydrogen (secondary N) is 1. The molecule has 2 N–H and O–H groups in total. The van der Waals surface area contributed by atoms with Crippen LogP contribution in [-0.2, 0) is 19.6 Å². The molecule has 252 valence electrons. The summed E-state index contributed by atoms with van der Waals surface area (Å²) in [5.41, 5.74) is 3.07. The molecule has 2 aliphatic rings. The average Bonchev–Trinajstić information content (AvgIpc) is 3.72. The van der Waals surface area contributed by atoms with E-state index in [0.717, 1.165) is 31.9 Å². The summed E-state index contributed by atoms with van der Waals surface area (Å²) in [4.78, 5) is 17.2. The minimum absolute atomic E-state index is 0.0255. The maximum absolute atomic E-state index is 14.6.